The second-order valence-corrected chi connectivity index (χ2v) is 6.66. The van der Waals surface area contributed by atoms with Gasteiger partial charge >= 0.3 is 5.97 Å². The molecule has 0 saturated carbocycles. The SMILES string of the molecule is CS(=O)(=O)CCCn1cnc2c(C(=O)O)cccc21. The van der Waals surface area contributed by atoms with E-state index < -0.39 is 15.8 Å². The van der Waals surface area contributed by atoms with E-state index in [9.17, 15) is 13.2 Å². The van der Waals surface area contributed by atoms with Crippen LogP contribution in [0.5, 0.6) is 0 Å². The standard InChI is InChI=1S/C12H14N2O4S/c1-19(17,18)7-3-6-14-8-13-11-9(12(15)16)4-2-5-10(11)14/h2,4-5,8H,3,6-7H2,1H3,(H,15,16). The number of fused-ring (bicyclic) bond motifs is 1. The summed E-state index contributed by atoms with van der Waals surface area (Å²) in [5, 5.41) is 9.05. The molecule has 0 aliphatic heterocycles. The van der Waals surface area contributed by atoms with Crippen molar-refractivity contribution >= 4 is 26.8 Å². The molecule has 0 amide bonds. The molecule has 0 saturated heterocycles. The van der Waals surface area contributed by atoms with Gasteiger partial charge in [-0.25, -0.2) is 18.2 Å². The lowest BCUT2D eigenvalue weighted by Gasteiger charge is -2.04. The van der Waals surface area contributed by atoms with Gasteiger partial charge in [0.25, 0.3) is 0 Å². The highest BCUT2D eigenvalue weighted by atomic mass is 32.2. The average molecular weight is 282 g/mol. The number of aryl methyl sites for hydroxylation is 1. The van der Waals surface area contributed by atoms with Gasteiger partial charge in [0, 0.05) is 12.8 Å². The van der Waals surface area contributed by atoms with Crippen LogP contribution in [0.2, 0.25) is 0 Å². The van der Waals surface area contributed by atoms with Gasteiger partial charge in [-0.05, 0) is 18.6 Å². The minimum absolute atomic E-state index is 0.102. The molecule has 0 radical (unpaired) electrons. The van der Waals surface area contributed by atoms with E-state index in [1.165, 1.54) is 12.3 Å². The van der Waals surface area contributed by atoms with Crippen molar-refractivity contribution in [3.63, 3.8) is 0 Å². The van der Waals surface area contributed by atoms with Gasteiger partial charge in [-0.2, -0.15) is 0 Å². The van der Waals surface area contributed by atoms with Crippen LogP contribution in [0, 0.1) is 0 Å². The van der Waals surface area contributed by atoms with Crippen LogP contribution in [-0.2, 0) is 16.4 Å². The Kier molecular flexibility index (Phi) is 3.57. The maximum atomic E-state index is 11.1. The summed E-state index contributed by atoms with van der Waals surface area (Å²) in [6.45, 7) is 0.493. The maximum Gasteiger partial charge on any atom is 0.337 e. The number of carbonyl (C=O) groups is 1. The van der Waals surface area contributed by atoms with Crippen LogP contribution in [0.4, 0.5) is 0 Å². The van der Waals surface area contributed by atoms with Gasteiger partial charge in [0.15, 0.2) is 0 Å². The number of hydrogen-bond acceptors (Lipinski definition) is 4. The predicted octanol–water partition coefficient (Wildman–Crippen LogP) is 1.17. The summed E-state index contributed by atoms with van der Waals surface area (Å²) in [6.07, 6.45) is 3.21. The molecule has 0 bridgehead atoms. The number of hydrogen-bond donors (Lipinski definition) is 1. The number of aromatic nitrogens is 2. The van der Waals surface area contributed by atoms with E-state index in [4.69, 9.17) is 5.11 Å². The average Bonchev–Trinajstić information content (AvgIpc) is 2.70. The number of rotatable bonds is 5. The van der Waals surface area contributed by atoms with Crippen molar-refractivity contribution in [3.05, 3.63) is 30.1 Å². The van der Waals surface area contributed by atoms with E-state index in [1.54, 1.807) is 23.0 Å². The Morgan fingerprint density at radius 3 is 2.79 bits per heavy atom. The molecular formula is C12H14N2O4S. The first kappa shape index (κ1) is 13.5. The molecule has 1 aromatic heterocycles. The van der Waals surface area contributed by atoms with E-state index >= 15 is 0 Å². The molecule has 0 atom stereocenters. The van der Waals surface area contributed by atoms with Crippen molar-refractivity contribution < 1.29 is 18.3 Å². The Labute approximate surface area is 110 Å². The second-order valence-electron chi connectivity index (χ2n) is 4.40. The Bertz CT molecular complexity index is 718. The minimum atomic E-state index is -2.98. The van der Waals surface area contributed by atoms with E-state index in [0.29, 0.717) is 24.0 Å². The molecule has 0 aliphatic rings. The lowest BCUT2D eigenvalue weighted by Crippen LogP contribution is -2.07. The molecule has 6 nitrogen and oxygen atoms in total. The third-order valence-electron chi connectivity index (χ3n) is 2.79. The quantitative estimate of drug-likeness (QED) is 0.889. The minimum Gasteiger partial charge on any atom is -0.478 e. The van der Waals surface area contributed by atoms with E-state index in [1.807, 2.05) is 0 Å². The zero-order valence-electron chi connectivity index (χ0n) is 10.4. The normalized spacial score (nSPS) is 11.8. The monoisotopic (exact) mass is 282 g/mol. The van der Waals surface area contributed by atoms with Crippen LogP contribution in [0.15, 0.2) is 24.5 Å². The number of nitrogens with zero attached hydrogens (tertiary/aromatic N) is 2. The van der Waals surface area contributed by atoms with Gasteiger partial charge in [0.05, 0.1) is 23.2 Å². The fraction of sp³-hybridized carbons (Fsp3) is 0.333. The highest BCUT2D eigenvalue weighted by Gasteiger charge is 2.12. The Morgan fingerprint density at radius 1 is 1.42 bits per heavy atom. The Hall–Kier alpha value is -1.89. The lowest BCUT2D eigenvalue weighted by atomic mass is 10.2. The molecule has 1 N–H and O–H groups in total. The fourth-order valence-electron chi connectivity index (χ4n) is 1.94. The van der Waals surface area contributed by atoms with Crippen molar-refractivity contribution in [1.29, 1.82) is 0 Å². The van der Waals surface area contributed by atoms with E-state index in [-0.39, 0.29) is 11.3 Å². The second kappa shape index (κ2) is 5.00. The first-order valence-electron chi connectivity index (χ1n) is 5.73. The van der Waals surface area contributed by atoms with E-state index in [0.717, 1.165) is 0 Å². The van der Waals surface area contributed by atoms with Crippen molar-refractivity contribution in [1.82, 2.24) is 9.55 Å². The summed E-state index contributed by atoms with van der Waals surface area (Å²) < 4.78 is 23.9. The molecule has 0 unspecified atom stereocenters. The van der Waals surface area contributed by atoms with Gasteiger partial charge in [-0.3, -0.25) is 0 Å². The van der Waals surface area contributed by atoms with Crippen LogP contribution in [0.3, 0.4) is 0 Å². The van der Waals surface area contributed by atoms with Crippen LogP contribution >= 0.6 is 0 Å². The molecule has 2 rings (SSSR count). The van der Waals surface area contributed by atoms with Crippen molar-refractivity contribution in [2.45, 2.75) is 13.0 Å². The summed E-state index contributed by atoms with van der Waals surface area (Å²) >= 11 is 0. The van der Waals surface area contributed by atoms with Crippen LogP contribution in [-0.4, -0.2) is 41.1 Å². The molecule has 7 heteroatoms. The number of benzene rings is 1. The first-order chi connectivity index (χ1) is 8.88. The third-order valence-corrected chi connectivity index (χ3v) is 3.83. The number of sulfone groups is 1. The Balaban J connectivity index is 2.26. The smallest absolute Gasteiger partial charge is 0.337 e. The highest BCUT2D eigenvalue weighted by Crippen LogP contribution is 2.17. The summed E-state index contributed by atoms with van der Waals surface area (Å²) in [5.41, 5.74) is 1.28. The van der Waals surface area contributed by atoms with Crippen molar-refractivity contribution in [2.75, 3.05) is 12.0 Å². The maximum absolute atomic E-state index is 11.1. The van der Waals surface area contributed by atoms with Gasteiger partial charge in [0.1, 0.15) is 15.4 Å². The molecular weight excluding hydrogens is 268 g/mol. The van der Waals surface area contributed by atoms with Gasteiger partial charge in [-0.15, -0.1) is 0 Å². The number of carboxylic acid groups (broad SMARTS) is 1. The summed E-state index contributed by atoms with van der Waals surface area (Å²) in [5.74, 6) is -0.919. The van der Waals surface area contributed by atoms with Crippen LogP contribution < -0.4 is 0 Å². The highest BCUT2D eigenvalue weighted by molar-refractivity contribution is 7.90. The lowest BCUT2D eigenvalue weighted by molar-refractivity contribution is 0.0699. The van der Waals surface area contributed by atoms with E-state index in [2.05, 4.69) is 4.98 Å². The largest absolute Gasteiger partial charge is 0.478 e. The van der Waals surface area contributed by atoms with Gasteiger partial charge in [0.2, 0.25) is 0 Å². The summed E-state index contributed by atoms with van der Waals surface area (Å²) in [7, 11) is -2.98. The summed E-state index contributed by atoms with van der Waals surface area (Å²) in [6, 6.07) is 4.92. The van der Waals surface area contributed by atoms with Crippen LogP contribution in [0.25, 0.3) is 11.0 Å². The molecule has 19 heavy (non-hydrogen) atoms. The number of carboxylic acids is 1. The number of imidazole rings is 1. The molecule has 2 aromatic rings. The first-order valence-corrected chi connectivity index (χ1v) is 7.79. The number of aromatic carboxylic acids is 1. The van der Waals surface area contributed by atoms with Gasteiger partial charge < -0.3 is 9.67 Å². The summed E-state index contributed by atoms with van der Waals surface area (Å²) in [4.78, 5) is 15.1. The predicted molar refractivity (Wildman–Crippen MR) is 71.0 cm³/mol. The topological polar surface area (TPSA) is 89.3 Å². The molecule has 0 fully saturated rings. The molecule has 0 aliphatic carbocycles. The molecule has 102 valence electrons. The van der Waals surface area contributed by atoms with Gasteiger partial charge in [-0.1, -0.05) is 6.07 Å². The van der Waals surface area contributed by atoms with Crippen molar-refractivity contribution in [2.24, 2.45) is 0 Å². The third kappa shape index (κ3) is 3.11. The fourth-order valence-corrected chi connectivity index (χ4v) is 2.59. The molecule has 1 aromatic carbocycles. The van der Waals surface area contributed by atoms with Crippen LogP contribution in [0.1, 0.15) is 16.8 Å². The van der Waals surface area contributed by atoms with Crippen molar-refractivity contribution in [3.8, 4) is 0 Å². The Morgan fingerprint density at radius 2 is 2.16 bits per heavy atom. The molecule has 0 spiro atoms. The zero-order valence-corrected chi connectivity index (χ0v) is 11.2. The zero-order chi connectivity index (χ0) is 14.0. The molecule has 1 heterocycles. The number of para-hydroxylation sites is 1.